The zero-order chi connectivity index (χ0) is 20.7. The van der Waals surface area contributed by atoms with Crippen LogP contribution in [0.5, 0.6) is 5.88 Å². The van der Waals surface area contributed by atoms with Gasteiger partial charge in [-0.15, -0.1) is 12.4 Å². The van der Waals surface area contributed by atoms with Crippen LogP contribution in [0.2, 0.25) is 0 Å². The molecule has 0 saturated heterocycles. The molecule has 3 aromatic rings. The summed E-state index contributed by atoms with van der Waals surface area (Å²) >= 11 is 0. The SMILES string of the molecule is CCCNCCOc1ccc(NS(=O)(=O)c2ccc(-c3cnco3)cc2)c(C)n1.Cl. The van der Waals surface area contributed by atoms with Gasteiger partial charge in [0.15, 0.2) is 12.2 Å². The van der Waals surface area contributed by atoms with Gasteiger partial charge in [0.05, 0.1) is 22.5 Å². The molecule has 0 aliphatic carbocycles. The fourth-order valence-corrected chi connectivity index (χ4v) is 3.73. The average Bonchev–Trinajstić information content (AvgIpc) is 3.25. The summed E-state index contributed by atoms with van der Waals surface area (Å²) in [6, 6.07) is 9.68. The minimum absolute atomic E-state index is 0. The number of nitrogens with zero attached hydrogens (tertiary/aromatic N) is 2. The summed E-state index contributed by atoms with van der Waals surface area (Å²) in [5.41, 5.74) is 1.68. The molecule has 0 radical (unpaired) electrons. The Morgan fingerprint density at radius 2 is 1.87 bits per heavy atom. The predicted octanol–water partition coefficient (Wildman–Crippen LogP) is 3.65. The maximum absolute atomic E-state index is 12.7. The zero-order valence-electron chi connectivity index (χ0n) is 16.8. The van der Waals surface area contributed by atoms with Gasteiger partial charge in [-0.05, 0) is 50.2 Å². The minimum atomic E-state index is -3.75. The van der Waals surface area contributed by atoms with E-state index >= 15 is 0 Å². The number of hydrogen-bond donors (Lipinski definition) is 2. The van der Waals surface area contributed by atoms with Gasteiger partial charge in [-0.2, -0.15) is 0 Å². The summed E-state index contributed by atoms with van der Waals surface area (Å²) in [6.45, 7) is 5.99. The topological polar surface area (TPSA) is 106 Å². The lowest BCUT2D eigenvalue weighted by atomic mass is 10.2. The molecular weight excluding hydrogens is 428 g/mol. The van der Waals surface area contributed by atoms with Crippen molar-refractivity contribution < 1.29 is 17.6 Å². The second-order valence-corrected chi connectivity index (χ2v) is 8.06. The van der Waals surface area contributed by atoms with Crippen LogP contribution in [0.4, 0.5) is 5.69 Å². The van der Waals surface area contributed by atoms with Crippen molar-refractivity contribution in [1.82, 2.24) is 15.3 Å². The molecule has 8 nitrogen and oxygen atoms in total. The molecular formula is C20H25ClN4O4S. The Balaban J connectivity index is 0.00000320. The quantitative estimate of drug-likeness (QED) is 0.452. The Morgan fingerprint density at radius 3 is 2.50 bits per heavy atom. The van der Waals surface area contributed by atoms with Gasteiger partial charge < -0.3 is 14.5 Å². The molecule has 0 spiro atoms. The first-order valence-corrected chi connectivity index (χ1v) is 10.8. The van der Waals surface area contributed by atoms with Gasteiger partial charge in [-0.3, -0.25) is 4.72 Å². The van der Waals surface area contributed by atoms with Gasteiger partial charge in [-0.1, -0.05) is 6.92 Å². The van der Waals surface area contributed by atoms with Crippen molar-refractivity contribution in [1.29, 1.82) is 0 Å². The molecule has 0 bridgehead atoms. The number of halogens is 1. The van der Waals surface area contributed by atoms with Crippen molar-refractivity contribution in [2.75, 3.05) is 24.4 Å². The number of oxazole rings is 1. The van der Waals surface area contributed by atoms with Crippen LogP contribution in [0, 0.1) is 6.92 Å². The number of pyridine rings is 1. The first kappa shape index (κ1) is 23.7. The first-order chi connectivity index (χ1) is 14.0. The van der Waals surface area contributed by atoms with E-state index in [2.05, 4.69) is 26.9 Å². The molecule has 0 fully saturated rings. The van der Waals surface area contributed by atoms with Gasteiger partial charge in [0.2, 0.25) is 5.88 Å². The fraction of sp³-hybridized carbons (Fsp3) is 0.300. The van der Waals surface area contributed by atoms with E-state index in [4.69, 9.17) is 9.15 Å². The predicted molar refractivity (Wildman–Crippen MR) is 118 cm³/mol. The normalized spacial score (nSPS) is 11.0. The van der Waals surface area contributed by atoms with Crippen molar-refractivity contribution in [3.05, 3.63) is 54.7 Å². The van der Waals surface area contributed by atoms with E-state index in [-0.39, 0.29) is 17.3 Å². The highest BCUT2D eigenvalue weighted by Gasteiger charge is 2.16. The summed E-state index contributed by atoms with van der Waals surface area (Å²) in [5, 5.41) is 3.24. The number of aromatic nitrogens is 2. The fourth-order valence-electron chi connectivity index (χ4n) is 2.62. The van der Waals surface area contributed by atoms with Crippen LogP contribution in [-0.4, -0.2) is 38.1 Å². The van der Waals surface area contributed by atoms with E-state index in [9.17, 15) is 8.42 Å². The van der Waals surface area contributed by atoms with Crippen molar-refractivity contribution in [2.24, 2.45) is 0 Å². The Hall–Kier alpha value is -2.62. The van der Waals surface area contributed by atoms with Crippen LogP contribution in [0.3, 0.4) is 0 Å². The lowest BCUT2D eigenvalue weighted by Crippen LogP contribution is -2.21. The van der Waals surface area contributed by atoms with Gasteiger partial charge in [-0.25, -0.2) is 18.4 Å². The maximum Gasteiger partial charge on any atom is 0.261 e. The molecule has 0 aliphatic rings. The highest BCUT2D eigenvalue weighted by molar-refractivity contribution is 7.92. The van der Waals surface area contributed by atoms with E-state index in [1.807, 2.05) is 0 Å². The molecule has 162 valence electrons. The standard InChI is InChI=1S/C20H24N4O4S.ClH/c1-3-10-21-11-12-27-20-9-8-18(15(2)23-20)24-29(25,26)17-6-4-16(5-7-17)19-13-22-14-28-19;/h4-9,13-14,21,24H,3,10-12H2,1-2H3;1H. The summed E-state index contributed by atoms with van der Waals surface area (Å²) in [4.78, 5) is 8.32. The van der Waals surface area contributed by atoms with Crippen molar-refractivity contribution in [3.8, 4) is 17.2 Å². The number of benzene rings is 1. The van der Waals surface area contributed by atoms with E-state index in [0.29, 0.717) is 29.6 Å². The van der Waals surface area contributed by atoms with Gasteiger partial charge in [0.1, 0.15) is 6.61 Å². The monoisotopic (exact) mass is 452 g/mol. The van der Waals surface area contributed by atoms with E-state index in [1.165, 1.54) is 18.5 Å². The van der Waals surface area contributed by atoms with Crippen LogP contribution in [-0.2, 0) is 10.0 Å². The number of anilines is 1. The molecule has 2 heterocycles. The molecule has 0 saturated carbocycles. The molecule has 2 aromatic heterocycles. The third-order valence-electron chi connectivity index (χ3n) is 4.14. The highest BCUT2D eigenvalue weighted by Crippen LogP contribution is 2.24. The smallest absolute Gasteiger partial charge is 0.261 e. The Kier molecular flexibility index (Phi) is 8.64. The lowest BCUT2D eigenvalue weighted by Gasteiger charge is -2.12. The molecule has 3 rings (SSSR count). The molecule has 10 heteroatoms. The Labute approximate surface area is 182 Å². The molecule has 1 aromatic carbocycles. The number of sulfonamides is 1. The molecule has 0 atom stereocenters. The number of rotatable bonds is 10. The summed E-state index contributed by atoms with van der Waals surface area (Å²) in [7, 11) is -3.75. The van der Waals surface area contributed by atoms with Crippen molar-refractivity contribution in [3.63, 3.8) is 0 Å². The van der Waals surface area contributed by atoms with Crippen molar-refractivity contribution in [2.45, 2.75) is 25.2 Å². The maximum atomic E-state index is 12.7. The second-order valence-electron chi connectivity index (χ2n) is 6.38. The molecule has 2 N–H and O–H groups in total. The van der Waals surface area contributed by atoms with Crippen LogP contribution in [0.1, 0.15) is 19.0 Å². The van der Waals surface area contributed by atoms with Gasteiger partial charge >= 0.3 is 0 Å². The molecule has 30 heavy (non-hydrogen) atoms. The lowest BCUT2D eigenvalue weighted by molar-refractivity contribution is 0.302. The van der Waals surface area contributed by atoms with E-state index in [1.54, 1.807) is 37.4 Å². The number of ether oxygens (including phenoxy) is 1. The van der Waals surface area contributed by atoms with Gasteiger partial charge in [0, 0.05) is 18.2 Å². The number of aryl methyl sites for hydroxylation is 1. The second kappa shape index (κ2) is 11.0. The minimum Gasteiger partial charge on any atom is -0.476 e. The number of hydrogen-bond acceptors (Lipinski definition) is 7. The van der Waals surface area contributed by atoms with Crippen LogP contribution in [0.15, 0.2) is 58.3 Å². The Bertz CT molecular complexity index is 1030. The highest BCUT2D eigenvalue weighted by atomic mass is 35.5. The summed E-state index contributed by atoms with van der Waals surface area (Å²) in [5.74, 6) is 1.03. The molecule has 0 aliphatic heterocycles. The third-order valence-corrected chi connectivity index (χ3v) is 5.52. The average molecular weight is 453 g/mol. The van der Waals surface area contributed by atoms with Crippen molar-refractivity contribution >= 4 is 28.1 Å². The summed E-state index contributed by atoms with van der Waals surface area (Å²) < 4.78 is 38.8. The molecule has 0 unspecified atom stereocenters. The largest absolute Gasteiger partial charge is 0.476 e. The summed E-state index contributed by atoms with van der Waals surface area (Å²) in [6.07, 6.45) is 3.96. The third kappa shape index (κ3) is 6.19. The van der Waals surface area contributed by atoms with Crippen LogP contribution < -0.4 is 14.8 Å². The Morgan fingerprint density at radius 1 is 1.10 bits per heavy atom. The van der Waals surface area contributed by atoms with Crippen LogP contribution >= 0.6 is 12.4 Å². The first-order valence-electron chi connectivity index (χ1n) is 9.32. The van der Waals surface area contributed by atoms with Crippen LogP contribution in [0.25, 0.3) is 11.3 Å². The van der Waals surface area contributed by atoms with E-state index in [0.717, 1.165) is 25.1 Å². The number of nitrogens with one attached hydrogen (secondary N) is 2. The van der Waals surface area contributed by atoms with E-state index < -0.39 is 10.0 Å². The van der Waals surface area contributed by atoms with Gasteiger partial charge in [0.25, 0.3) is 10.0 Å². The molecule has 0 amide bonds. The zero-order valence-corrected chi connectivity index (χ0v) is 18.4.